The summed E-state index contributed by atoms with van der Waals surface area (Å²) in [4.78, 5) is 0.333. The number of sulfonamides is 1. The topological polar surface area (TPSA) is 72.2 Å². The summed E-state index contributed by atoms with van der Waals surface area (Å²) < 4.78 is 32.6. The fourth-order valence-electron chi connectivity index (χ4n) is 2.38. The molecule has 0 aliphatic rings. The zero-order valence-electron chi connectivity index (χ0n) is 13.6. The van der Waals surface area contributed by atoms with Gasteiger partial charge in [0.1, 0.15) is 0 Å². The van der Waals surface area contributed by atoms with Crippen molar-refractivity contribution in [3.05, 3.63) is 46.8 Å². The summed E-state index contributed by atoms with van der Waals surface area (Å²) >= 11 is 0. The highest BCUT2D eigenvalue weighted by molar-refractivity contribution is 7.89. The van der Waals surface area contributed by atoms with E-state index >= 15 is 0 Å². The first kappa shape index (κ1) is 16.7. The minimum Gasteiger partial charge on any atom is -0.360 e. The molecule has 0 bridgehead atoms. The highest BCUT2D eigenvalue weighted by atomic mass is 32.2. The molecule has 0 aliphatic heterocycles. The van der Waals surface area contributed by atoms with E-state index in [9.17, 15) is 8.42 Å². The van der Waals surface area contributed by atoms with Gasteiger partial charge < -0.3 is 4.52 Å². The van der Waals surface area contributed by atoms with Crippen LogP contribution in [0.4, 0.5) is 0 Å². The first-order chi connectivity index (χ1) is 10.1. The summed E-state index contributed by atoms with van der Waals surface area (Å²) in [6, 6.07) is 5.51. The van der Waals surface area contributed by atoms with Crippen molar-refractivity contribution in [1.29, 1.82) is 0 Å². The second-order valence-electron chi connectivity index (χ2n) is 6.49. The molecule has 1 heterocycles. The molecule has 0 spiro atoms. The second-order valence-corrected chi connectivity index (χ2v) is 8.20. The predicted molar refractivity (Wildman–Crippen MR) is 85.1 cm³/mol. The maximum atomic E-state index is 12.6. The molecule has 5 nitrogen and oxygen atoms in total. The lowest BCUT2D eigenvalue weighted by molar-refractivity contribution is 0.380. The van der Waals surface area contributed by atoms with Crippen molar-refractivity contribution in [2.45, 2.75) is 51.5 Å². The van der Waals surface area contributed by atoms with Crippen molar-refractivity contribution in [3.8, 4) is 0 Å². The molecule has 0 unspecified atom stereocenters. The normalized spacial score (nSPS) is 12.6. The predicted octanol–water partition coefficient (Wildman–Crippen LogP) is 3.07. The number of aryl methyl sites for hydroxylation is 2. The summed E-state index contributed by atoms with van der Waals surface area (Å²) in [5.41, 5.74) is 2.59. The van der Waals surface area contributed by atoms with Crippen LogP contribution >= 0.6 is 0 Å². The molecule has 0 aliphatic carbocycles. The van der Waals surface area contributed by atoms with Gasteiger partial charge in [0.15, 0.2) is 5.76 Å². The van der Waals surface area contributed by atoms with Gasteiger partial charge in [0.2, 0.25) is 10.0 Å². The number of aromatic nitrogens is 1. The van der Waals surface area contributed by atoms with Gasteiger partial charge in [0.05, 0.1) is 17.6 Å². The molecule has 1 aromatic carbocycles. The Kier molecular flexibility index (Phi) is 4.44. The van der Waals surface area contributed by atoms with Gasteiger partial charge in [-0.3, -0.25) is 0 Å². The Balaban J connectivity index is 2.35. The van der Waals surface area contributed by atoms with Gasteiger partial charge in [-0.05, 0) is 36.0 Å². The van der Waals surface area contributed by atoms with E-state index in [1.165, 1.54) is 6.20 Å². The third-order valence-corrected chi connectivity index (χ3v) is 5.23. The van der Waals surface area contributed by atoms with Crippen LogP contribution in [0.5, 0.6) is 0 Å². The highest BCUT2D eigenvalue weighted by Gasteiger charge is 2.23. The maximum Gasteiger partial charge on any atom is 0.241 e. The van der Waals surface area contributed by atoms with Crippen molar-refractivity contribution >= 4 is 10.0 Å². The molecule has 1 aromatic heterocycles. The van der Waals surface area contributed by atoms with Crippen LogP contribution in [0.15, 0.2) is 33.8 Å². The SMILES string of the molecule is Cc1cc(C(C)(C)C)cc(C)c1S(=O)(=O)NCc1ccno1. The van der Waals surface area contributed by atoms with Crippen LogP contribution in [0.25, 0.3) is 0 Å². The molecular formula is C16H22N2O3S. The number of nitrogens with zero attached hydrogens (tertiary/aromatic N) is 1. The maximum absolute atomic E-state index is 12.6. The molecular weight excluding hydrogens is 300 g/mol. The van der Waals surface area contributed by atoms with Gasteiger partial charge in [-0.2, -0.15) is 0 Å². The summed E-state index contributed by atoms with van der Waals surface area (Å²) in [5.74, 6) is 0.477. The van der Waals surface area contributed by atoms with E-state index in [1.807, 2.05) is 26.0 Å². The number of hydrogen-bond donors (Lipinski definition) is 1. The lowest BCUT2D eigenvalue weighted by Gasteiger charge is -2.22. The Morgan fingerprint density at radius 2 is 1.77 bits per heavy atom. The average molecular weight is 322 g/mol. The number of benzene rings is 1. The van der Waals surface area contributed by atoms with Crippen LogP contribution < -0.4 is 4.72 Å². The van der Waals surface area contributed by atoms with E-state index < -0.39 is 10.0 Å². The van der Waals surface area contributed by atoms with Crippen LogP contribution in [0, 0.1) is 13.8 Å². The minimum atomic E-state index is -3.60. The summed E-state index contributed by atoms with van der Waals surface area (Å²) in [5, 5.41) is 3.56. The zero-order chi connectivity index (χ0) is 16.5. The first-order valence-electron chi connectivity index (χ1n) is 7.12. The first-order valence-corrected chi connectivity index (χ1v) is 8.60. The molecule has 2 rings (SSSR count). The molecule has 6 heteroatoms. The Hall–Kier alpha value is -1.66. The third kappa shape index (κ3) is 3.56. The second kappa shape index (κ2) is 5.85. The van der Waals surface area contributed by atoms with Crippen LogP contribution in [-0.4, -0.2) is 13.6 Å². The molecule has 120 valence electrons. The number of hydrogen-bond acceptors (Lipinski definition) is 4. The highest BCUT2D eigenvalue weighted by Crippen LogP contribution is 2.29. The third-order valence-electron chi connectivity index (χ3n) is 3.52. The molecule has 0 radical (unpaired) electrons. The van der Waals surface area contributed by atoms with Crippen molar-refractivity contribution in [2.75, 3.05) is 0 Å². The lowest BCUT2D eigenvalue weighted by Crippen LogP contribution is -2.25. The fraction of sp³-hybridized carbons (Fsp3) is 0.438. The monoisotopic (exact) mass is 322 g/mol. The van der Waals surface area contributed by atoms with Crippen molar-refractivity contribution in [1.82, 2.24) is 9.88 Å². The molecule has 0 atom stereocenters. The van der Waals surface area contributed by atoms with Gasteiger partial charge in [0.25, 0.3) is 0 Å². The summed E-state index contributed by atoms with van der Waals surface area (Å²) in [6.07, 6.45) is 1.48. The number of nitrogens with one attached hydrogen (secondary N) is 1. The van der Waals surface area contributed by atoms with Crippen LogP contribution in [0.3, 0.4) is 0 Å². The molecule has 0 saturated carbocycles. The molecule has 22 heavy (non-hydrogen) atoms. The van der Waals surface area contributed by atoms with Crippen LogP contribution in [0.1, 0.15) is 43.2 Å². The van der Waals surface area contributed by atoms with Crippen LogP contribution in [0.2, 0.25) is 0 Å². The quantitative estimate of drug-likeness (QED) is 0.939. The van der Waals surface area contributed by atoms with E-state index in [4.69, 9.17) is 4.52 Å². The molecule has 2 aromatic rings. The van der Waals surface area contributed by atoms with E-state index in [2.05, 4.69) is 30.6 Å². The van der Waals surface area contributed by atoms with Crippen molar-refractivity contribution < 1.29 is 12.9 Å². The lowest BCUT2D eigenvalue weighted by atomic mass is 9.85. The Morgan fingerprint density at radius 1 is 1.18 bits per heavy atom. The summed E-state index contributed by atoms with van der Waals surface area (Å²) in [7, 11) is -3.60. The van der Waals surface area contributed by atoms with Gasteiger partial charge >= 0.3 is 0 Å². The largest absolute Gasteiger partial charge is 0.360 e. The summed E-state index contributed by atoms with van der Waals surface area (Å²) in [6.45, 7) is 10.1. The standard InChI is InChI=1S/C16H22N2O3S/c1-11-8-13(16(3,4)5)9-12(2)15(11)22(19,20)18-10-14-6-7-17-21-14/h6-9,18H,10H2,1-5H3. The Morgan fingerprint density at radius 3 is 2.23 bits per heavy atom. The Labute approximate surface area is 131 Å². The van der Waals surface area contributed by atoms with Crippen molar-refractivity contribution in [3.63, 3.8) is 0 Å². The van der Waals surface area contributed by atoms with E-state index in [1.54, 1.807) is 6.07 Å². The van der Waals surface area contributed by atoms with Crippen LogP contribution in [-0.2, 0) is 22.0 Å². The van der Waals surface area contributed by atoms with Gasteiger partial charge in [-0.1, -0.05) is 38.1 Å². The van der Waals surface area contributed by atoms with Gasteiger partial charge in [-0.25, -0.2) is 13.1 Å². The number of rotatable bonds is 4. The smallest absolute Gasteiger partial charge is 0.241 e. The minimum absolute atomic E-state index is 0.0227. The van der Waals surface area contributed by atoms with Gasteiger partial charge in [0, 0.05) is 6.07 Å². The van der Waals surface area contributed by atoms with Crippen molar-refractivity contribution in [2.24, 2.45) is 0 Å². The fourth-order valence-corrected chi connectivity index (χ4v) is 3.82. The molecule has 0 fully saturated rings. The molecule has 1 N–H and O–H groups in total. The van der Waals surface area contributed by atoms with E-state index in [0.717, 1.165) is 16.7 Å². The van der Waals surface area contributed by atoms with Gasteiger partial charge in [-0.15, -0.1) is 0 Å². The van der Waals surface area contributed by atoms with E-state index in [0.29, 0.717) is 10.7 Å². The average Bonchev–Trinajstić information content (AvgIpc) is 2.87. The Bertz CT molecular complexity index is 734. The zero-order valence-corrected chi connectivity index (χ0v) is 14.4. The van der Waals surface area contributed by atoms with E-state index in [-0.39, 0.29) is 12.0 Å². The molecule has 0 saturated heterocycles. The molecule has 0 amide bonds.